The Morgan fingerprint density at radius 3 is 2.45 bits per heavy atom. The number of anilines is 1. The number of hydrogen-bond acceptors (Lipinski definition) is 3. The van der Waals surface area contributed by atoms with Gasteiger partial charge in [-0.3, -0.25) is 9.69 Å². The minimum atomic E-state index is -0.0831. The summed E-state index contributed by atoms with van der Waals surface area (Å²) in [7, 11) is 0. The van der Waals surface area contributed by atoms with E-state index in [1.807, 2.05) is 37.3 Å². The number of amides is 1. The van der Waals surface area contributed by atoms with E-state index in [0.717, 1.165) is 18.5 Å². The second-order valence-electron chi connectivity index (χ2n) is 6.09. The van der Waals surface area contributed by atoms with Crippen LogP contribution in [0.5, 0.6) is 0 Å². The van der Waals surface area contributed by atoms with Crippen molar-refractivity contribution in [2.75, 3.05) is 5.32 Å². The number of carbonyl (C=O) groups is 1. The average Bonchev–Trinajstić information content (AvgIpc) is 2.71. The third kappa shape index (κ3) is 2.58. The first-order chi connectivity index (χ1) is 9.65. The molecule has 2 heterocycles. The lowest BCUT2D eigenvalue weighted by Gasteiger charge is -2.40. The Balaban J connectivity index is 1.67. The molecule has 2 aliphatic rings. The highest BCUT2D eigenvalue weighted by molar-refractivity contribution is 5.94. The van der Waals surface area contributed by atoms with Crippen molar-refractivity contribution >= 4 is 11.6 Å². The molecule has 3 atom stereocenters. The predicted octanol–water partition coefficient (Wildman–Crippen LogP) is 1.97. The Morgan fingerprint density at radius 1 is 1.25 bits per heavy atom. The molecule has 3 unspecified atom stereocenters. The summed E-state index contributed by atoms with van der Waals surface area (Å²) < 4.78 is 0. The van der Waals surface area contributed by atoms with E-state index < -0.39 is 0 Å². The molecule has 0 spiro atoms. The van der Waals surface area contributed by atoms with E-state index >= 15 is 0 Å². The van der Waals surface area contributed by atoms with Crippen LogP contribution in [0.4, 0.5) is 5.69 Å². The molecule has 0 radical (unpaired) electrons. The molecular formula is C16H23N3O. The molecule has 0 saturated carbocycles. The normalized spacial score (nSPS) is 31.0. The van der Waals surface area contributed by atoms with E-state index in [9.17, 15) is 4.79 Å². The molecule has 1 aromatic carbocycles. The lowest BCUT2D eigenvalue weighted by molar-refractivity contribution is -0.122. The maximum Gasteiger partial charge on any atom is 0.241 e. The summed E-state index contributed by atoms with van der Waals surface area (Å²) in [4.78, 5) is 14.8. The fourth-order valence-electron chi connectivity index (χ4n) is 3.79. The molecule has 1 aromatic rings. The fraction of sp³-hybridized carbons (Fsp3) is 0.562. The van der Waals surface area contributed by atoms with Crippen LogP contribution in [0.15, 0.2) is 30.3 Å². The van der Waals surface area contributed by atoms with Crippen LogP contribution in [0, 0.1) is 0 Å². The molecule has 3 rings (SSSR count). The summed E-state index contributed by atoms with van der Waals surface area (Å²) >= 11 is 0. The van der Waals surface area contributed by atoms with Crippen molar-refractivity contribution in [3.05, 3.63) is 30.3 Å². The number of rotatable bonds is 3. The van der Waals surface area contributed by atoms with Gasteiger partial charge in [0.2, 0.25) is 5.91 Å². The van der Waals surface area contributed by atoms with Gasteiger partial charge in [0.25, 0.3) is 0 Å². The third-order valence-electron chi connectivity index (χ3n) is 4.69. The molecule has 2 aliphatic heterocycles. The van der Waals surface area contributed by atoms with E-state index in [1.165, 1.54) is 12.8 Å². The van der Waals surface area contributed by atoms with E-state index in [4.69, 9.17) is 5.73 Å². The highest BCUT2D eigenvalue weighted by atomic mass is 16.2. The van der Waals surface area contributed by atoms with Crippen LogP contribution in [0.3, 0.4) is 0 Å². The van der Waals surface area contributed by atoms with E-state index in [-0.39, 0.29) is 11.9 Å². The van der Waals surface area contributed by atoms with Gasteiger partial charge in [-0.2, -0.15) is 0 Å². The third-order valence-corrected chi connectivity index (χ3v) is 4.69. The van der Waals surface area contributed by atoms with E-state index in [0.29, 0.717) is 18.1 Å². The molecule has 4 heteroatoms. The summed E-state index contributed by atoms with van der Waals surface area (Å²) in [5.41, 5.74) is 6.96. The van der Waals surface area contributed by atoms with Gasteiger partial charge in [0.1, 0.15) is 0 Å². The predicted molar refractivity (Wildman–Crippen MR) is 80.4 cm³/mol. The standard InChI is InChI=1S/C16H23N3O/c1-11(16(20)18-13-5-3-2-4-6-13)19-14-7-8-15(19)10-12(17)9-14/h2-6,11-12,14-15H,7-10,17H2,1H3,(H,18,20). The van der Waals surface area contributed by atoms with Gasteiger partial charge in [-0.1, -0.05) is 18.2 Å². The van der Waals surface area contributed by atoms with Gasteiger partial charge in [0.15, 0.2) is 0 Å². The molecule has 4 nitrogen and oxygen atoms in total. The van der Waals surface area contributed by atoms with Gasteiger partial charge in [-0.05, 0) is 44.7 Å². The number of carbonyl (C=O) groups excluding carboxylic acids is 1. The average molecular weight is 273 g/mol. The molecule has 3 N–H and O–H groups in total. The SMILES string of the molecule is CC(C(=O)Nc1ccccc1)N1C2CCC1CC(N)C2. The Kier molecular flexibility index (Phi) is 3.76. The lowest BCUT2D eigenvalue weighted by Crippen LogP contribution is -2.54. The monoisotopic (exact) mass is 273 g/mol. The topological polar surface area (TPSA) is 58.4 Å². The van der Waals surface area contributed by atoms with Gasteiger partial charge in [-0.15, -0.1) is 0 Å². The zero-order chi connectivity index (χ0) is 14.1. The van der Waals surface area contributed by atoms with Crippen molar-refractivity contribution in [3.63, 3.8) is 0 Å². The Hall–Kier alpha value is -1.39. The Morgan fingerprint density at radius 2 is 1.85 bits per heavy atom. The van der Waals surface area contributed by atoms with Crippen molar-refractivity contribution in [1.82, 2.24) is 4.90 Å². The zero-order valence-electron chi connectivity index (χ0n) is 12.0. The van der Waals surface area contributed by atoms with Crippen LogP contribution >= 0.6 is 0 Å². The van der Waals surface area contributed by atoms with Crippen LogP contribution in [0.2, 0.25) is 0 Å². The maximum atomic E-state index is 12.4. The quantitative estimate of drug-likeness (QED) is 0.885. The van der Waals surface area contributed by atoms with Gasteiger partial charge in [0, 0.05) is 23.8 Å². The van der Waals surface area contributed by atoms with Crippen molar-refractivity contribution < 1.29 is 4.79 Å². The first kappa shape index (κ1) is 13.6. The molecule has 2 fully saturated rings. The van der Waals surface area contributed by atoms with Crippen LogP contribution < -0.4 is 11.1 Å². The van der Waals surface area contributed by atoms with Crippen LogP contribution in [0.25, 0.3) is 0 Å². The number of piperidine rings is 1. The summed E-state index contributed by atoms with van der Waals surface area (Å²) in [6.07, 6.45) is 4.42. The molecule has 20 heavy (non-hydrogen) atoms. The first-order valence-electron chi connectivity index (χ1n) is 7.54. The fourth-order valence-corrected chi connectivity index (χ4v) is 3.79. The zero-order valence-corrected chi connectivity index (χ0v) is 12.0. The lowest BCUT2D eigenvalue weighted by atomic mass is 9.96. The molecule has 2 bridgehead atoms. The number of fused-ring (bicyclic) bond motifs is 2. The number of para-hydroxylation sites is 1. The number of nitrogens with two attached hydrogens (primary N) is 1. The Bertz CT molecular complexity index is 462. The number of benzene rings is 1. The van der Waals surface area contributed by atoms with Crippen LogP contribution in [-0.4, -0.2) is 35.0 Å². The van der Waals surface area contributed by atoms with Crippen molar-refractivity contribution in [3.8, 4) is 0 Å². The second kappa shape index (κ2) is 5.54. The largest absolute Gasteiger partial charge is 0.328 e. The molecule has 0 aliphatic carbocycles. The highest BCUT2D eigenvalue weighted by Gasteiger charge is 2.43. The number of hydrogen-bond donors (Lipinski definition) is 2. The van der Waals surface area contributed by atoms with Crippen molar-refractivity contribution in [2.24, 2.45) is 5.73 Å². The second-order valence-corrected chi connectivity index (χ2v) is 6.09. The van der Waals surface area contributed by atoms with Gasteiger partial charge >= 0.3 is 0 Å². The molecule has 2 saturated heterocycles. The number of nitrogens with zero attached hydrogens (tertiary/aromatic N) is 1. The minimum Gasteiger partial charge on any atom is -0.328 e. The molecule has 0 aromatic heterocycles. The van der Waals surface area contributed by atoms with Crippen LogP contribution in [-0.2, 0) is 4.79 Å². The smallest absolute Gasteiger partial charge is 0.241 e. The Labute approximate surface area is 120 Å². The van der Waals surface area contributed by atoms with Crippen LogP contribution in [0.1, 0.15) is 32.6 Å². The summed E-state index contributed by atoms with van der Waals surface area (Å²) in [5.74, 6) is 0.0866. The molecule has 1 amide bonds. The first-order valence-corrected chi connectivity index (χ1v) is 7.54. The van der Waals surface area contributed by atoms with Gasteiger partial charge in [-0.25, -0.2) is 0 Å². The maximum absolute atomic E-state index is 12.4. The minimum absolute atomic E-state index is 0.0831. The van der Waals surface area contributed by atoms with E-state index in [2.05, 4.69) is 10.2 Å². The summed E-state index contributed by atoms with van der Waals surface area (Å²) in [6.45, 7) is 2.01. The van der Waals surface area contributed by atoms with E-state index in [1.54, 1.807) is 0 Å². The van der Waals surface area contributed by atoms with Gasteiger partial charge < -0.3 is 11.1 Å². The molecule has 108 valence electrons. The summed E-state index contributed by atoms with van der Waals surface area (Å²) in [6, 6.07) is 10.9. The highest BCUT2D eigenvalue weighted by Crippen LogP contribution is 2.36. The van der Waals surface area contributed by atoms with Crippen molar-refractivity contribution in [1.29, 1.82) is 0 Å². The number of nitrogens with one attached hydrogen (secondary N) is 1. The van der Waals surface area contributed by atoms with Gasteiger partial charge in [0.05, 0.1) is 6.04 Å². The van der Waals surface area contributed by atoms with Crippen molar-refractivity contribution in [2.45, 2.75) is 56.8 Å². The summed E-state index contributed by atoms with van der Waals surface area (Å²) in [5, 5.41) is 3.01. The molecular weight excluding hydrogens is 250 g/mol.